The average molecular weight is 261 g/mol. The maximum Gasteiger partial charge on any atom is 0.319 e. The van der Waals surface area contributed by atoms with Gasteiger partial charge in [0.2, 0.25) is 5.13 Å². The number of ether oxygens (including phenoxy) is 1. The lowest BCUT2D eigenvalue weighted by Gasteiger charge is -2.06. The Bertz CT molecular complexity index is 343. The molecule has 0 aliphatic rings. The summed E-state index contributed by atoms with van der Waals surface area (Å²) >= 11 is 2.81. The van der Waals surface area contributed by atoms with Gasteiger partial charge >= 0.3 is 5.97 Å². The Morgan fingerprint density at radius 2 is 2.31 bits per heavy atom. The third-order valence-corrected chi connectivity index (χ3v) is 3.67. The summed E-state index contributed by atoms with van der Waals surface area (Å²) in [4.78, 5) is 11.4. The number of rotatable bonds is 6. The van der Waals surface area contributed by atoms with Crippen LogP contribution in [0.1, 0.15) is 20.8 Å². The summed E-state index contributed by atoms with van der Waals surface area (Å²) in [6.45, 7) is 6.81. The highest BCUT2D eigenvalue weighted by Crippen LogP contribution is 2.29. The molecule has 1 N–H and O–H groups in total. The maximum atomic E-state index is 11.4. The van der Waals surface area contributed by atoms with E-state index in [0.717, 1.165) is 16.0 Å². The number of hydrogen-bond acceptors (Lipinski definition) is 7. The minimum atomic E-state index is -0.248. The van der Waals surface area contributed by atoms with Crippen molar-refractivity contribution < 1.29 is 9.53 Å². The van der Waals surface area contributed by atoms with Gasteiger partial charge in [0.1, 0.15) is 5.25 Å². The molecule has 0 radical (unpaired) electrons. The molecule has 1 unspecified atom stereocenters. The van der Waals surface area contributed by atoms with Crippen molar-refractivity contribution in [2.75, 3.05) is 18.5 Å². The van der Waals surface area contributed by atoms with E-state index in [0.29, 0.717) is 6.61 Å². The third-order valence-electron chi connectivity index (χ3n) is 1.63. The van der Waals surface area contributed by atoms with Crippen LogP contribution in [0.5, 0.6) is 0 Å². The Hall–Kier alpha value is -0.820. The fraction of sp³-hybridized carbons (Fsp3) is 0.667. The van der Waals surface area contributed by atoms with Crippen LogP contribution in [0.25, 0.3) is 0 Å². The molecule has 7 heteroatoms. The van der Waals surface area contributed by atoms with Gasteiger partial charge in [-0.05, 0) is 20.8 Å². The lowest BCUT2D eigenvalue weighted by molar-refractivity contribution is -0.142. The number of thioether (sulfide) groups is 1. The second kappa shape index (κ2) is 6.70. The van der Waals surface area contributed by atoms with Gasteiger partial charge in [0, 0.05) is 6.54 Å². The van der Waals surface area contributed by atoms with Gasteiger partial charge in [0.05, 0.1) is 6.61 Å². The van der Waals surface area contributed by atoms with Crippen molar-refractivity contribution in [3.63, 3.8) is 0 Å². The monoisotopic (exact) mass is 261 g/mol. The third kappa shape index (κ3) is 3.97. The Labute approximate surface area is 103 Å². The van der Waals surface area contributed by atoms with Gasteiger partial charge in [-0.2, -0.15) is 0 Å². The van der Waals surface area contributed by atoms with Crippen molar-refractivity contribution in [2.24, 2.45) is 0 Å². The summed E-state index contributed by atoms with van der Waals surface area (Å²) in [6, 6.07) is 0. The molecular weight excluding hydrogens is 246 g/mol. The van der Waals surface area contributed by atoms with Crippen molar-refractivity contribution in [1.29, 1.82) is 0 Å². The van der Waals surface area contributed by atoms with E-state index in [2.05, 4.69) is 15.5 Å². The molecule has 0 bridgehead atoms. The number of nitrogens with zero attached hydrogens (tertiary/aromatic N) is 2. The molecule has 0 aliphatic heterocycles. The summed E-state index contributed by atoms with van der Waals surface area (Å²) in [7, 11) is 0. The minimum absolute atomic E-state index is 0.215. The SMILES string of the molecule is CCNc1nnc(SC(C)C(=O)OCC)s1. The lowest BCUT2D eigenvalue weighted by Crippen LogP contribution is -2.16. The number of aromatic nitrogens is 2. The van der Waals surface area contributed by atoms with Crippen LogP contribution in [0.2, 0.25) is 0 Å². The molecular formula is C9H15N3O2S2. The van der Waals surface area contributed by atoms with E-state index < -0.39 is 0 Å². The molecule has 0 aliphatic carbocycles. The van der Waals surface area contributed by atoms with E-state index in [-0.39, 0.29) is 11.2 Å². The molecule has 0 spiro atoms. The molecule has 0 aromatic carbocycles. The molecule has 90 valence electrons. The van der Waals surface area contributed by atoms with E-state index in [1.807, 2.05) is 6.92 Å². The molecule has 1 heterocycles. The highest BCUT2D eigenvalue weighted by Gasteiger charge is 2.17. The van der Waals surface area contributed by atoms with Crippen LogP contribution in [-0.2, 0) is 9.53 Å². The summed E-state index contributed by atoms with van der Waals surface area (Å²) in [6.07, 6.45) is 0. The normalized spacial score (nSPS) is 12.2. The number of nitrogens with one attached hydrogen (secondary N) is 1. The first-order valence-electron chi connectivity index (χ1n) is 5.08. The number of anilines is 1. The Balaban J connectivity index is 2.48. The highest BCUT2D eigenvalue weighted by atomic mass is 32.2. The summed E-state index contributed by atoms with van der Waals surface area (Å²) < 4.78 is 5.69. The van der Waals surface area contributed by atoms with Crippen LogP contribution < -0.4 is 5.32 Å². The summed E-state index contributed by atoms with van der Waals surface area (Å²) in [5.41, 5.74) is 0. The zero-order valence-electron chi connectivity index (χ0n) is 9.52. The first kappa shape index (κ1) is 13.2. The van der Waals surface area contributed by atoms with Crippen LogP contribution in [0.4, 0.5) is 5.13 Å². The average Bonchev–Trinajstić information content (AvgIpc) is 2.66. The largest absolute Gasteiger partial charge is 0.465 e. The van der Waals surface area contributed by atoms with Crippen LogP contribution in [-0.4, -0.2) is 34.6 Å². The number of esters is 1. The van der Waals surface area contributed by atoms with Crippen LogP contribution in [0, 0.1) is 0 Å². The fourth-order valence-corrected chi connectivity index (χ4v) is 2.90. The van der Waals surface area contributed by atoms with Crippen LogP contribution >= 0.6 is 23.1 Å². The van der Waals surface area contributed by atoms with E-state index in [1.165, 1.54) is 23.1 Å². The van der Waals surface area contributed by atoms with Gasteiger partial charge < -0.3 is 10.1 Å². The van der Waals surface area contributed by atoms with Gasteiger partial charge in [-0.25, -0.2) is 0 Å². The number of carbonyl (C=O) groups is 1. The van der Waals surface area contributed by atoms with E-state index in [4.69, 9.17) is 4.74 Å². The quantitative estimate of drug-likeness (QED) is 0.624. The van der Waals surface area contributed by atoms with Gasteiger partial charge in [0.15, 0.2) is 4.34 Å². The molecule has 1 aromatic rings. The summed E-state index contributed by atoms with van der Waals surface area (Å²) in [5, 5.41) is 11.5. The molecule has 1 aromatic heterocycles. The standard InChI is InChI=1S/C9H15N3O2S2/c1-4-10-8-11-12-9(16-8)15-6(3)7(13)14-5-2/h6H,4-5H2,1-3H3,(H,10,11). The van der Waals surface area contributed by atoms with Crippen molar-refractivity contribution >= 4 is 34.2 Å². The van der Waals surface area contributed by atoms with Gasteiger partial charge in [-0.3, -0.25) is 4.79 Å². The maximum absolute atomic E-state index is 11.4. The summed E-state index contributed by atoms with van der Waals surface area (Å²) in [5.74, 6) is -0.215. The lowest BCUT2D eigenvalue weighted by atomic mass is 10.5. The highest BCUT2D eigenvalue weighted by molar-refractivity contribution is 8.02. The second-order valence-corrected chi connectivity index (χ2v) is 5.48. The first-order chi connectivity index (χ1) is 7.67. The fourth-order valence-electron chi connectivity index (χ4n) is 0.939. The Morgan fingerprint density at radius 1 is 1.56 bits per heavy atom. The van der Waals surface area contributed by atoms with Crippen molar-refractivity contribution in [1.82, 2.24) is 10.2 Å². The number of carbonyl (C=O) groups excluding carboxylic acids is 1. The zero-order chi connectivity index (χ0) is 12.0. The molecule has 0 saturated heterocycles. The Morgan fingerprint density at radius 3 is 2.94 bits per heavy atom. The molecule has 0 fully saturated rings. The predicted octanol–water partition coefficient (Wildman–Crippen LogP) is 2.01. The van der Waals surface area contributed by atoms with Gasteiger partial charge in [-0.15, -0.1) is 10.2 Å². The van der Waals surface area contributed by atoms with Crippen LogP contribution in [0.3, 0.4) is 0 Å². The van der Waals surface area contributed by atoms with E-state index >= 15 is 0 Å². The Kier molecular flexibility index (Phi) is 5.54. The van der Waals surface area contributed by atoms with Crippen molar-refractivity contribution in [2.45, 2.75) is 30.4 Å². The number of hydrogen-bond donors (Lipinski definition) is 1. The predicted molar refractivity (Wildman–Crippen MR) is 66.0 cm³/mol. The smallest absolute Gasteiger partial charge is 0.319 e. The van der Waals surface area contributed by atoms with E-state index in [1.54, 1.807) is 13.8 Å². The molecule has 1 rings (SSSR count). The van der Waals surface area contributed by atoms with Gasteiger partial charge in [-0.1, -0.05) is 23.1 Å². The first-order valence-corrected chi connectivity index (χ1v) is 6.77. The molecule has 16 heavy (non-hydrogen) atoms. The molecule has 0 saturated carbocycles. The van der Waals surface area contributed by atoms with Gasteiger partial charge in [0.25, 0.3) is 0 Å². The molecule has 1 atom stereocenters. The second-order valence-electron chi connectivity index (χ2n) is 2.92. The molecule has 0 amide bonds. The van der Waals surface area contributed by atoms with Crippen LogP contribution in [0.15, 0.2) is 4.34 Å². The minimum Gasteiger partial charge on any atom is -0.465 e. The zero-order valence-corrected chi connectivity index (χ0v) is 11.2. The molecule has 5 nitrogen and oxygen atoms in total. The van der Waals surface area contributed by atoms with E-state index in [9.17, 15) is 4.79 Å². The van der Waals surface area contributed by atoms with Crippen molar-refractivity contribution in [3.05, 3.63) is 0 Å². The topological polar surface area (TPSA) is 64.1 Å². The van der Waals surface area contributed by atoms with Crippen molar-refractivity contribution in [3.8, 4) is 0 Å².